The minimum Gasteiger partial charge on any atom is -0.383 e. The predicted octanol–water partition coefficient (Wildman–Crippen LogP) is 3.98. The zero-order valence-electron chi connectivity index (χ0n) is 11.3. The Morgan fingerprint density at radius 1 is 1.33 bits per heavy atom. The number of anilines is 2. The van der Waals surface area contributed by atoms with E-state index in [0.717, 1.165) is 5.82 Å². The summed E-state index contributed by atoms with van der Waals surface area (Å²) < 4.78 is 4.34. The molecule has 18 heavy (non-hydrogen) atoms. The Hall–Kier alpha value is -0.770. The highest BCUT2D eigenvalue weighted by Crippen LogP contribution is 2.48. The van der Waals surface area contributed by atoms with Crippen LogP contribution in [0.5, 0.6) is 0 Å². The molecule has 0 amide bonds. The Balaban J connectivity index is 1.72. The monoisotopic (exact) mass is 265 g/mol. The van der Waals surface area contributed by atoms with Crippen LogP contribution in [0, 0.1) is 5.41 Å². The second-order valence-electron chi connectivity index (χ2n) is 6.69. The van der Waals surface area contributed by atoms with E-state index < -0.39 is 0 Å². The first-order chi connectivity index (χ1) is 8.55. The summed E-state index contributed by atoms with van der Waals surface area (Å²) in [5.74, 6) is 1.45. The van der Waals surface area contributed by atoms with Crippen LogP contribution in [0.3, 0.4) is 0 Å². The minimum absolute atomic E-state index is 0.478. The molecule has 2 fully saturated rings. The van der Waals surface area contributed by atoms with Crippen LogP contribution < -0.4 is 11.1 Å². The largest absolute Gasteiger partial charge is 0.383 e. The zero-order chi connectivity index (χ0) is 12.8. The van der Waals surface area contributed by atoms with Crippen molar-refractivity contribution in [3.8, 4) is 0 Å². The Labute approximate surface area is 113 Å². The van der Waals surface area contributed by atoms with Gasteiger partial charge in [-0.05, 0) is 55.0 Å². The summed E-state index contributed by atoms with van der Waals surface area (Å²) >= 11 is 1.55. The first kappa shape index (κ1) is 12.3. The van der Waals surface area contributed by atoms with E-state index in [1.807, 2.05) is 0 Å². The van der Waals surface area contributed by atoms with E-state index in [0.29, 0.717) is 17.4 Å². The normalized spacial score (nSPS) is 27.1. The van der Waals surface area contributed by atoms with Crippen LogP contribution in [0.1, 0.15) is 63.9 Å². The molecule has 2 aliphatic carbocycles. The molecule has 0 aliphatic heterocycles. The van der Waals surface area contributed by atoms with Gasteiger partial charge in [0.05, 0.1) is 0 Å². The maximum absolute atomic E-state index is 6.00. The summed E-state index contributed by atoms with van der Waals surface area (Å²) in [5.41, 5.74) is 7.79. The van der Waals surface area contributed by atoms with Crippen molar-refractivity contribution in [2.75, 3.05) is 11.1 Å². The lowest BCUT2D eigenvalue weighted by Gasteiger charge is -2.35. The van der Waals surface area contributed by atoms with Crippen LogP contribution in [0.4, 0.5) is 10.8 Å². The van der Waals surface area contributed by atoms with Gasteiger partial charge in [-0.1, -0.05) is 20.3 Å². The van der Waals surface area contributed by atoms with Crippen LogP contribution in [-0.2, 0) is 0 Å². The molecule has 1 heterocycles. The zero-order valence-corrected chi connectivity index (χ0v) is 12.1. The van der Waals surface area contributed by atoms with Gasteiger partial charge in [0.1, 0.15) is 10.8 Å². The van der Waals surface area contributed by atoms with Gasteiger partial charge >= 0.3 is 0 Å². The molecular weight excluding hydrogens is 242 g/mol. The fourth-order valence-electron chi connectivity index (χ4n) is 3.19. The van der Waals surface area contributed by atoms with E-state index in [2.05, 4.69) is 23.5 Å². The molecule has 1 aromatic heterocycles. The highest BCUT2D eigenvalue weighted by atomic mass is 32.1. The predicted molar refractivity (Wildman–Crippen MR) is 78.2 cm³/mol. The summed E-state index contributed by atoms with van der Waals surface area (Å²) in [5, 5.41) is 4.97. The van der Waals surface area contributed by atoms with Crippen LogP contribution in [0.25, 0.3) is 0 Å². The molecule has 0 radical (unpaired) electrons. The number of aromatic nitrogens is 1. The summed E-state index contributed by atoms with van der Waals surface area (Å²) in [7, 11) is 0. The van der Waals surface area contributed by atoms with Crippen molar-refractivity contribution in [1.82, 2.24) is 4.37 Å². The van der Waals surface area contributed by atoms with E-state index in [4.69, 9.17) is 5.73 Å². The summed E-state index contributed by atoms with van der Waals surface area (Å²) in [6.45, 7) is 4.76. The molecule has 1 atom stereocenters. The second-order valence-corrected chi connectivity index (χ2v) is 7.46. The number of nitrogens with two attached hydrogens (primary N) is 1. The first-order valence-electron chi connectivity index (χ1n) is 7.07. The number of hydrogen-bond donors (Lipinski definition) is 2. The van der Waals surface area contributed by atoms with Crippen molar-refractivity contribution in [2.24, 2.45) is 5.41 Å². The summed E-state index contributed by atoms with van der Waals surface area (Å²) in [4.78, 5) is 0. The van der Waals surface area contributed by atoms with Crippen LogP contribution in [0.15, 0.2) is 0 Å². The molecule has 1 aromatic rings. The molecular formula is C14H23N3S. The molecule has 1 unspecified atom stereocenters. The van der Waals surface area contributed by atoms with Crippen LogP contribution in [0.2, 0.25) is 0 Å². The summed E-state index contributed by atoms with van der Waals surface area (Å²) in [6.07, 6.45) is 7.80. The van der Waals surface area contributed by atoms with Gasteiger partial charge in [0.2, 0.25) is 0 Å². The average molecular weight is 265 g/mol. The van der Waals surface area contributed by atoms with E-state index in [9.17, 15) is 0 Å². The smallest absolute Gasteiger partial charge is 0.142 e. The van der Waals surface area contributed by atoms with Gasteiger partial charge in [-0.25, -0.2) is 0 Å². The maximum Gasteiger partial charge on any atom is 0.142 e. The maximum atomic E-state index is 6.00. The molecule has 0 aromatic carbocycles. The first-order valence-corrected chi connectivity index (χ1v) is 7.84. The average Bonchev–Trinajstić information content (AvgIpc) is 3.04. The molecule has 3 nitrogen and oxygen atoms in total. The highest BCUT2D eigenvalue weighted by Gasteiger charge is 2.33. The Morgan fingerprint density at radius 3 is 2.78 bits per heavy atom. The number of nitrogen functional groups attached to an aromatic ring is 1. The third kappa shape index (κ3) is 2.48. The lowest BCUT2D eigenvalue weighted by Crippen LogP contribution is -2.31. The van der Waals surface area contributed by atoms with Gasteiger partial charge in [0.25, 0.3) is 0 Å². The van der Waals surface area contributed by atoms with Crippen molar-refractivity contribution in [1.29, 1.82) is 0 Å². The number of rotatable bonds is 3. The fourth-order valence-corrected chi connectivity index (χ4v) is 4.06. The van der Waals surface area contributed by atoms with Crippen LogP contribution >= 0.6 is 11.5 Å². The second kappa shape index (κ2) is 4.41. The number of hydrogen-bond acceptors (Lipinski definition) is 4. The molecule has 0 saturated heterocycles. The quantitative estimate of drug-likeness (QED) is 0.869. The van der Waals surface area contributed by atoms with Gasteiger partial charge in [-0.3, -0.25) is 0 Å². The van der Waals surface area contributed by atoms with Crippen molar-refractivity contribution in [3.05, 3.63) is 5.56 Å². The van der Waals surface area contributed by atoms with Gasteiger partial charge in [-0.2, -0.15) is 4.37 Å². The van der Waals surface area contributed by atoms with Gasteiger partial charge in [0.15, 0.2) is 0 Å². The minimum atomic E-state index is 0.478. The lowest BCUT2D eigenvalue weighted by atomic mass is 9.75. The molecule has 3 rings (SSSR count). The molecule has 2 aliphatic rings. The van der Waals surface area contributed by atoms with E-state index in [-0.39, 0.29) is 0 Å². The topological polar surface area (TPSA) is 50.9 Å². The Bertz CT molecular complexity index is 434. The molecule has 0 spiro atoms. The van der Waals surface area contributed by atoms with Gasteiger partial charge in [-0.15, -0.1) is 0 Å². The van der Waals surface area contributed by atoms with Crippen molar-refractivity contribution >= 4 is 22.4 Å². The van der Waals surface area contributed by atoms with Crippen molar-refractivity contribution in [2.45, 2.75) is 64.3 Å². The highest BCUT2D eigenvalue weighted by molar-refractivity contribution is 7.10. The van der Waals surface area contributed by atoms with Crippen molar-refractivity contribution < 1.29 is 0 Å². The molecule has 100 valence electrons. The molecule has 2 saturated carbocycles. The van der Waals surface area contributed by atoms with E-state index in [1.165, 1.54) is 49.1 Å². The Morgan fingerprint density at radius 2 is 2.11 bits per heavy atom. The fraction of sp³-hybridized carbons (Fsp3) is 0.786. The third-order valence-electron chi connectivity index (χ3n) is 4.28. The number of nitrogens with zero attached hydrogens (tertiary/aromatic N) is 1. The summed E-state index contributed by atoms with van der Waals surface area (Å²) in [6, 6.07) is 0.603. The third-order valence-corrected chi connectivity index (χ3v) is 5.09. The van der Waals surface area contributed by atoms with Crippen molar-refractivity contribution in [3.63, 3.8) is 0 Å². The van der Waals surface area contributed by atoms with Gasteiger partial charge in [0, 0.05) is 11.6 Å². The molecule has 0 bridgehead atoms. The molecule has 3 N–H and O–H groups in total. The standard InChI is InChI=1S/C14H23N3S/c1-14(2)7-3-4-10(8-14)16-13-11(9-5-6-9)12(15)17-18-13/h9-10,16H,3-8H2,1-2H3,(H2,15,17). The van der Waals surface area contributed by atoms with Crippen LogP contribution in [-0.4, -0.2) is 10.4 Å². The van der Waals surface area contributed by atoms with E-state index >= 15 is 0 Å². The van der Waals surface area contributed by atoms with E-state index in [1.54, 1.807) is 11.5 Å². The molecule has 4 heteroatoms. The lowest BCUT2D eigenvalue weighted by molar-refractivity contribution is 0.229. The Kier molecular flexibility index (Phi) is 3.00. The SMILES string of the molecule is CC1(C)CCCC(Nc2snc(N)c2C2CC2)C1. The number of nitrogens with one attached hydrogen (secondary N) is 1. The van der Waals surface area contributed by atoms with Gasteiger partial charge < -0.3 is 11.1 Å².